The van der Waals surface area contributed by atoms with Gasteiger partial charge in [0, 0.05) is 11.3 Å². The average molecular weight is 342 g/mol. The van der Waals surface area contributed by atoms with E-state index in [0.29, 0.717) is 28.3 Å². The van der Waals surface area contributed by atoms with Crippen molar-refractivity contribution in [2.24, 2.45) is 0 Å². The number of ether oxygens (including phenoxy) is 1. The maximum Gasteiger partial charge on any atom is 0.291 e. The van der Waals surface area contributed by atoms with Gasteiger partial charge in [-0.3, -0.25) is 4.79 Å². The van der Waals surface area contributed by atoms with Crippen LogP contribution in [0.4, 0.5) is 5.69 Å². The highest BCUT2D eigenvalue weighted by molar-refractivity contribution is 6.02. The first-order chi connectivity index (χ1) is 12.7. The van der Waals surface area contributed by atoms with Gasteiger partial charge in [0.2, 0.25) is 0 Å². The summed E-state index contributed by atoms with van der Waals surface area (Å²) in [4.78, 5) is 12.3. The summed E-state index contributed by atoms with van der Waals surface area (Å²) in [6.45, 7) is 0.110. The molecule has 0 aliphatic heterocycles. The molecule has 26 heavy (non-hydrogen) atoms. The fraction of sp³-hybridized carbons (Fsp3) is 0.0476. The summed E-state index contributed by atoms with van der Waals surface area (Å²) in [5.74, 6) is 3.22. The number of amides is 1. The summed E-state index contributed by atoms with van der Waals surface area (Å²) < 4.78 is 11.1. The second kappa shape index (κ2) is 7.74. The van der Waals surface area contributed by atoms with Crippen LogP contribution < -0.4 is 10.1 Å². The maximum absolute atomic E-state index is 12.3. The molecule has 0 aliphatic carbocycles. The largest absolute Gasteiger partial charge is 0.484 e. The average Bonchev–Trinajstić information content (AvgIpc) is 3.16. The Morgan fingerprint density at radius 3 is 2.81 bits per heavy atom. The van der Waals surface area contributed by atoms with E-state index >= 15 is 0 Å². The zero-order chi connectivity index (χ0) is 18.4. The van der Waals surface area contributed by atoms with Crippen LogP contribution in [0.15, 0.2) is 65.1 Å². The molecule has 0 fully saturated rings. The van der Waals surface area contributed by atoms with Gasteiger partial charge in [-0.2, -0.15) is 5.26 Å². The summed E-state index contributed by atoms with van der Waals surface area (Å²) in [6, 6.07) is 19.2. The number of hydrogen-bond donors (Lipinski definition) is 1. The van der Waals surface area contributed by atoms with Crippen LogP contribution in [-0.4, -0.2) is 5.91 Å². The number of nitrogens with zero attached hydrogens (tertiary/aromatic N) is 1. The number of para-hydroxylation sites is 1. The number of rotatable bonds is 5. The normalized spacial score (nSPS) is 9.77. The predicted molar refractivity (Wildman–Crippen MR) is 96.5 cm³/mol. The number of anilines is 1. The Hall–Kier alpha value is -3.96. The highest BCUT2D eigenvalue weighted by Crippen LogP contribution is 2.19. The van der Waals surface area contributed by atoms with Crippen molar-refractivity contribution in [1.82, 2.24) is 0 Å². The van der Waals surface area contributed by atoms with E-state index in [9.17, 15) is 4.79 Å². The zero-order valence-electron chi connectivity index (χ0n) is 13.7. The molecule has 0 saturated carbocycles. The molecule has 0 unspecified atom stereocenters. The van der Waals surface area contributed by atoms with Gasteiger partial charge in [-0.05, 0) is 42.5 Å². The molecule has 126 valence electrons. The summed E-state index contributed by atoms with van der Waals surface area (Å²) in [5.41, 5.74) is 1.69. The van der Waals surface area contributed by atoms with E-state index in [1.54, 1.807) is 60.7 Å². The lowest BCUT2D eigenvalue weighted by Crippen LogP contribution is -2.10. The minimum absolute atomic E-state index is 0.110. The number of nitrogens with one attached hydrogen (secondary N) is 1. The molecule has 0 radical (unpaired) electrons. The molecule has 1 aromatic heterocycles. The first kappa shape index (κ1) is 16.9. The van der Waals surface area contributed by atoms with Gasteiger partial charge < -0.3 is 14.5 Å². The number of carbonyl (C=O) groups is 1. The Morgan fingerprint density at radius 2 is 2.00 bits per heavy atom. The van der Waals surface area contributed by atoms with Crippen molar-refractivity contribution in [3.63, 3.8) is 0 Å². The molecule has 1 N–H and O–H groups in total. The Balaban J connectivity index is 1.65. The third-order valence-corrected chi connectivity index (χ3v) is 3.55. The Bertz CT molecular complexity index is 1020. The van der Waals surface area contributed by atoms with E-state index in [4.69, 9.17) is 20.8 Å². The van der Waals surface area contributed by atoms with Crippen LogP contribution in [0.5, 0.6) is 5.75 Å². The highest BCUT2D eigenvalue weighted by atomic mass is 16.5. The summed E-state index contributed by atoms with van der Waals surface area (Å²) in [7, 11) is 0. The van der Waals surface area contributed by atoms with Gasteiger partial charge in [0.1, 0.15) is 24.2 Å². The monoisotopic (exact) mass is 342 g/mol. The molecule has 5 heteroatoms. The summed E-state index contributed by atoms with van der Waals surface area (Å²) in [5, 5.41) is 11.8. The lowest BCUT2D eigenvalue weighted by atomic mass is 10.2. The van der Waals surface area contributed by atoms with Crippen LogP contribution >= 0.6 is 0 Å². The van der Waals surface area contributed by atoms with Crippen LogP contribution in [0.25, 0.3) is 0 Å². The SMILES string of the molecule is C#Cc1cccc(NC(=O)c2ccc(COc3ccccc3C#N)o2)c1. The van der Waals surface area contributed by atoms with Gasteiger partial charge in [-0.1, -0.05) is 24.1 Å². The van der Waals surface area contributed by atoms with Crippen LogP contribution in [0.3, 0.4) is 0 Å². The molecule has 0 aliphatic rings. The van der Waals surface area contributed by atoms with E-state index in [1.807, 2.05) is 0 Å². The lowest BCUT2D eigenvalue weighted by Gasteiger charge is -2.06. The summed E-state index contributed by atoms with van der Waals surface area (Å²) >= 11 is 0. The molecule has 0 bridgehead atoms. The second-order valence-electron chi connectivity index (χ2n) is 5.34. The number of carbonyl (C=O) groups excluding carboxylic acids is 1. The van der Waals surface area contributed by atoms with Gasteiger partial charge in [-0.25, -0.2) is 0 Å². The van der Waals surface area contributed by atoms with Crippen LogP contribution in [0.1, 0.15) is 27.4 Å². The predicted octanol–water partition coefficient (Wildman–Crippen LogP) is 3.96. The van der Waals surface area contributed by atoms with Crippen molar-refractivity contribution < 1.29 is 13.9 Å². The quantitative estimate of drug-likeness (QED) is 0.712. The van der Waals surface area contributed by atoms with E-state index in [-0.39, 0.29) is 18.3 Å². The van der Waals surface area contributed by atoms with Crippen LogP contribution in [0, 0.1) is 23.7 Å². The second-order valence-corrected chi connectivity index (χ2v) is 5.34. The topological polar surface area (TPSA) is 75.3 Å². The van der Waals surface area contributed by atoms with Crippen LogP contribution in [-0.2, 0) is 6.61 Å². The van der Waals surface area contributed by atoms with Gasteiger partial charge in [-0.15, -0.1) is 6.42 Å². The first-order valence-corrected chi connectivity index (χ1v) is 7.78. The molecular formula is C21H14N2O3. The molecular weight excluding hydrogens is 328 g/mol. The number of terminal acetylenes is 1. The Kier molecular flexibility index (Phi) is 5.03. The van der Waals surface area contributed by atoms with E-state index in [1.165, 1.54) is 0 Å². The standard InChI is InChI=1S/C21H14N2O3/c1-2-15-6-5-8-17(12-15)23-21(24)20-11-10-18(26-20)14-25-19-9-4-3-7-16(19)13-22/h1,3-12H,14H2,(H,23,24). The van der Waals surface area contributed by atoms with Gasteiger partial charge in [0.05, 0.1) is 5.56 Å². The first-order valence-electron chi connectivity index (χ1n) is 7.78. The van der Waals surface area contributed by atoms with E-state index in [2.05, 4.69) is 17.3 Å². The smallest absolute Gasteiger partial charge is 0.291 e. The molecule has 0 saturated heterocycles. The number of furan rings is 1. The Morgan fingerprint density at radius 1 is 1.15 bits per heavy atom. The maximum atomic E-state index is 12.3. The van der Waals surface area contributed by atoms with Gasteiger partial charge in [0.25, 0.3) is 5.91 Å². The van der Waals surface area contributed by atoms with Crippen molar-refractivity contribution in [3.05, 3.63) is 83.3 Å². The fourth-order valence-corrected chi connectivity index (χ4v) is 2.29. The number of benzene rings is 2. The number of hydrogen-bond acceptors (Lipinski definition) is 4. The van der Waals surface area contributed by atoms with Gasteiger partial charge >= 0.3 is 0 Å². The van der Waals surface area contributed by atoms with Crippen LogP contribution in [0.2, 0.25) is 0 Å². The molecule has 3 rings (SSSR count). The van der Waals surface area contributed by atoms with Crippen molar-refractivity contribution in [2.45, 2.75) is 6.61 Å². The van der Waals surface area contributed by atoms with Crippen molar-refractivity contribution >= 4 is 11.6 Å². The highest BCUT2D eigenvalue weighted by Gasteiger charge is 2.12. The third-order valence-electron chi connectivity index (χ3n) is 3.55. The lowest BCUT2D eigenvalue weighted by molar-refractivity contribution is 0.0992. The molecule has 2 aromatic carbocycles. The van der Waals surface area contributed by atoms with E-state index in [0.717, 1.165) is 0 Å². The molecule has 3 aromatic rings. The number of nitriles is 1. The molecule has 0 atom stereocenters. The fourth-order valence-electron chi connectivity index (χ4n) is 2.29. The molecule has 1 amide bonds. The molecule has 1 heterocycles. The van der Waals surface area contributed by atoms with Crippen molar-refractivity contribution in [3.8, 4) is 24.2 Å². The Labute approximate surface area is 150 Å². The van der Waals surface area contributed by atoms with E-state index < -0.39 is 0 Å². The summed E-state index contributed by atoms with van der Waals surface area (Å²) in [6.07, 6.45) is 5.35. The third kappa shape index (κ3) is 3.92. The van der Waals surface area contributed by atoms with Crippen molar-refractivity contribution in [2.75, 3.05) is 5.32 Å². The molecule has 5 nitrogen and oxygen atoms in total. The minimum atomic E-state index is -0.386. The van der Waals surface area contributed by atoms with Gasteiger partial charge in [0.15, 0.2) is 5.76 Å². The van der Waals surface area contributed by atoms with Crippen molar-refractivity contribution in [1.29, 1.82) is 5.26 Å². The molecule has 0 spiro atoms. The minimum Gasteiger partial charge on any atom is -0.484 e. The zero-order valence-corrected chi connectivity index (χ0v) is 13.7.